The van der Waals surface area contributed by atoms with Gasteiger partial charge in [-0.1, -0.05) is 36.5 Å². The first kappa shape index (κ1) is 27.6. The van der Waals surface area contributed by atoms with Gasteiger partial charge in [-0.3, -0.25) is 13.9 Å². The van der Waals surface area contributed by atoms with Crippen molar-refractivity contribution in [2.75, 3.05) is 17.5 Å². The number of Topliss-reactive ketones (excluding diaryl/α,β-unsaturated/α-hetero) is 1. The fourth-order valence-corrected chi connectivity index (χ4v) is 6.00. The lowest BCUT2D eigenvalue weighted by Crippen LogP contribution is -2.36. The molecule has 11 heteroatoms. The smallest absolute Gasteiger partial charge is 0.326 e. The summed E-state index contributed by atoms with van der Waals surface area (Å²) in [6.45, 7) is 3.10. The Bertz CT molecular complexity index is 1600. The first-order valence-corrected chi connectivity index (χ1v) is 14.0. The number of halogens is 2. The molecule has 2 aromatic carbocycles. The van der Waals surface area contributed by atoms with Crippen LogP contribution in [0, 0.1) is 0 Å². The molecule has 0 aliphatic heterocycles. The third kappa shape index (κ3) is 6.01. The summed E-state index contributed by atoms with van der Waals surface area (Å²) in [5.41, 5.74) is 1.51. The van der Waals surface area contributed by atoms with Crippen LogP contribution in [0.4, 0.5) is 5.69 Å². The van der Waals surface area contributed by atoms with Gasteiger partial charge in [-0.15, -0.1) is 0 Å². The van der Waals surface area contributed by atoms with Gasteiger partial charge in [-0.05, 0) is 67.9 Å². The number of unbranched alkanes of at least 4 members (excludes halogenated alkanes) is 1. The maximum atomic E-state index is 13.7. The summed E-state index contributed by atoms with van der Waals surface area (Å²) in [6.07, 6.45) is 4.82. The van der Waals surface area contributed by atoms with Crippen LogP contribution in [0.1, 0.15) is 37.0 Å². The predicted molar refractivity (Wildman–Crippen MR) is 148 cm³/mol. The van der Waals surface area contributed by atoms with Crippen LogP contribution >= 0.6 is 23.2 Å². The Hall–Kier alpha value is -3.40. The van der Waals surface area contributed by atoms with E-state index < -0.39 is 22.5 Å². The molecule has 0 aliphatic carbocycles. The average molecular weight is 574 g/mol. The molecule has 198 valence electrons. The Morgan fingerprint density at radius 1 is 1.03 bits per heavy atom. The molecule has 0 saturated carbocycles. The molecule has 0 atom stereocenters. The number of sulfonamides is 1. The number of benzene rings is 2. The van der Waals surface area contributed by atoms with Gasteiger partial charge in [0.15, 0.2) is 5.78 Å². The molecule has 8 nitrogen and oxygen atoms in total. The molecule has 4 aromatic rings. The standard InChI is InChI=1S/C27H25Cl2N3O5S/c1-3-4-11-37-27(34)17-32(38(35,36)24-15-21(28)14-22(29)16-24)23-5-6-25-20(12-23)8-10-31(25)26-13-19(18(2)33)7-9-30-26/h5-10,12-16H,3-4,11,17H2,1-2H3. The van der Waals surface area contributed by atoms with Crippen molar-refractivity contribution < 1.29 is 22.7 Å². The minimum Gasteiger partial charge on any atom is -0.464 e. The zero-order valence-corrected chi connectivity index (χ0v) is 23.1. The first-order valence-electron chi connectivity index (χ1n) is 11.8. The van der Waals surface area contributed by atoms with E-state index in [1.54, 1.807) is 53.4 Å². The molecule has 4 rings (SSSR count). The van der Waals surface area contributed by atoms with Crippen LogP contribution in [-0.2, 0) is 19.6 Å². The highest BCUT2D eigenvalue weighted by Gasteiger charge is 2.29. The van der Waals surface area contributed by atoms with E-state index in [9.17, 15) is 18.0 Å². The van der Waals surface area contributed by atoms with Crippen molar-refractivity contribution in [1.82, 2.24) is 9.55 Å². The van der Waals surface area contributed by atoms with E-state index in [0.29, 0.717) is 23.2 Å². The van der Waals surface area contributed by atoms with Crippen molar-refractivity contribution in [2.24, 2.45) is 0 Å². The molecule has 0 bridgehead atoms. The summed E-state index contributed by atoms with van der Waals surface area (Å²) < 4.78 is 35.5. The predicted octanol–water partition coefficient (Wildman–Crippen LogP) is 6.07. The number of anilines is 1. The zero-order valence-electron chi connectivity index (χ0n) is 20.7. The summed E-state index contributed by atoms with van der Waals surface area (Å²) >= 11 is 12.2. The number of pyridine rings is 1. The monoisotopic (exact) mass is 573 g/mol. The summed E-state index contributed by atoms with van der Waals surface area (Å²) in [4.78, 5) is 28.7. The number of hydrogen-bond acceptors (Lipinski definition) is 6. The minimum atomic E-state index is -4.25. The SMILES string of the molecule is CCCCOC(=O)CN(c1ccc2c(ccn2-c2cc(C(C)=O)ccn2)c1)S(=O)(=O)c1cc(Cl)cc(Cl)c1. The molecule has 0 spiro atoms. The summed E-state index contributed by atoms with van der Waals surface area (Å²) in [5.74, 6) is -0.226. The highest BCUT2D eigenvalue weighted by atomic mass is 35.5. The number of rotatable bonds is 10. The number of nitrogens with zero attached hydrogens (tertiary/aromatic N) is 3. The number of ketones is 1. The van der Waals surface area contributed by atoms with Gasteiger partial charge in [-0.25, -0.2) is 13.4 Å². The van der Waals surface area contributed by atoms with E-state index >= 15 is 0 Å². The van der Waals surface area contributed by atoms with Gasteiger partial charge in [0.1, 0.15) is 12.4 Å². The molecule has 0 amide bonds. The average Bonchev–Trinajstić information content (AvgIpc) is 3.30. The topological polar surface area (TPSA) is 98.6 Å². The Labute approximate surface area is 230 Å². The fourth-order valence-electron chi connectivity index (χ4n) is 3.87. The molecule has 0 aliphatic rings. The second kappa shape index (κ2) is 11.6. The van der Waals surface area contributed by atoms with Gasteiger partial charge in [0, 0.05) is 33.4 Å². The summed E-state index contributed by atoms with van der Waals surface area (Å²) in [7, 11) is -4.25. The van der Waals surface area contributed by atoms with Gasteiger partial charge < -0.3 is 9.30 Å². The molecule has 2 aromatic heterocycles. The van der Waals surface area contributed by atoms with E-state index in [0.717, 1.165) is 16.2 Å². The van der Waals surface area contributed by atoms with E-state index in [2.05, 4.69) is 4.98 Å². The van der Waals surface area contributed by atoms with E-state index in [1.165, 1.54) is 25.1 Å². The minimum absolute atomic E-state index is 0.0832. The molecular formula is C27H25Cl2N3O5S. The first-order chi connectivity index (χ1) is 18.1. The number of carbonyl (C=O) groups is 2. The fraction of sp³-hybridized carbons (Fsp3) is 0.222. The van der Waals surface area contributed by atoms with Crippen molar-refractivity contribution >= 4 is 61.6 Å². The number of aromatic nitrogens is 2. The number of esters is 1. The largest absolute Gasteiger partial charge is 0.464 e. The molecule has 0 fully saturated rings. The van der Waals surface area contributed by atoms with Gasteiger partial charge in [0.05, 0.1) is 22.7 Å². The Kier molecular flexibility index (Phi) is 8.40. The van der Waals surface area contributed by atoms with Crippen LogP contribution in [-0.4, -0.2) is 42.9 Å². The van der Waals surface area contributed by atoms with Crippen molar-refractivity contribution in [1.29, 1.82) is 0 Å². The van der Waals surface area contributed by atoms with Crippen LogP contribution in [0.25, 0.3) is 16.7 Å². The quantitative estimate of drug-likeness (QED) is 0.130. The highest BCUT2D eigenvalue weighted by Crippen LogP contribution is 2.31. The van der Waals surface area contributed by atoms with Crippen molar-refractivity contribution in [3.05, 3.63) is 82.6 Å². The molecule has 0 unspecified atom stereocenters. The van der Waals surface area contributed by atoms with Crippen LogP contribution < -0.4 is 4.31 Å². The van der Waals surface area contributed by atoms with Gasteiger partial charge in [0.2, 0.25) is 0 Å². The van der Waals surface area contributed by atoms with Crippen LogP contribution in [0.5, 0.6) is 0 Å². The maximum Gasteiger partial charge on any atom is 0.326 e. The number of hydrogen-bond donors (Lipinski definition) is 0. The van der Waals surface area contributed by atoms with Gasteiger partial charge >= 0.3 is 5.97 Å². The number of fused-ring (bicyclic) bond motifs is 1. The van der Waals surface area contributed by atoms with Crippen molar-refractivity contribution in [2.45, 2.75) is 31.6 Å². The number of ether oxygens (including phenoxy) is 1. The Morgan fingerprint density at radius 2 is 1.76 bits per heavy atom. The molecule has 0 N–H and O–H groups in total. The van der Waals surface area contributed by atoms with Crippen LogP contribution in [0.2, 0.25) is 10.0 Å². The Balaban J connectivity index is 1.77. The van der Waals surface area contributed by atoms with Gasteiger partial charge in [0.25, 0.3) is 10.0 Å². The summed E-state index contributed by atoms with van der Waals surface area (Å²) in [6, 6.07) is 14.1. The summed E-state index contributed by atoms with van der Waals surface area (Å²) in [5, 5.41) is 0.991. The van der Waals surface area contributed by atoms with Gasteiger partial charge in [-0.2, -0.15) is 0 Å². The molecule has 38 heavy (non-hydrogen) atoms. The number of carbonyl (C=O) groups excluding carboxylic acids is 2. The zero-order chi connectivity index (χ0) is 27.4. The van der Waals surface area contributed by atoms with Crippen LogP contribution in [0.3, 0.4) is 0 Å². The van der Waals surface area contributed by atoms with Crippen LogP contribution in [0.15, 0.2) is 71.9 Å². The molecule has 2 heterocycles. The Morgan fingerprint density at radius 3 is 2.45 bits per heavy atom. The third-order valence-electron chi connectivity index (χ3n) is 5.82. The molecule has 0 saturated heterocycles. The lowest BCUT2D eigenvalue weighted by Gasteiger charge is -2.24. The van der Waals surface area contributed by atoms with E-state index in [-0.39, 0.29) is 33.0 Å². The maximum absolute atomic E-state index is 13.7. The third-order valence-corrected chi connectivity index (χ3v) is 8.01. The van der Waals surface area contributed by atoms with Crippen molar-refractivity contribution in [3.63, 3.8) is 0 Å². The lowest BCUT2D eigenvalue weighted by molar-refractivity contribution is -0.141. The van der Waals surface area contributed by atoms with E-state index in [4.69, 9.17) is 27.9 Å². The second-order valence-corrected chi connectivity index (χ2v) is 11.3. The molecular weight excluding hydrogens is 549 g/mol. The van der Waals surface area contributed by atoms with E-state index in [1.807, 2.05) is 6.92 Å². The molecule has 0 radical (unpaired) electrons. The second-order valence-electron chi connectivity index (χ2n) is 8.58. The normalized spacial score (nSPS) is 11.5. The van der Waals surface area contributed by atoms with Crippen molar-refractivity contribution in [3.8, 4) is 5.82 Å². The lowest BCUT2D eigenvalue weighted by atomic mass is 10.2. The highest BCUT2D eigenvalue weighted by molar-refractivity contribution is 7.92.